The number of hydrogen-bond acceptors (Lipinski definition) is 6. The van der Waals surface area contributed by atoms with Crippen LogP contribution in [0.15, 0.2) is 24.3 Å². The lowest BCUT2D eigenvalue weighted by molar-refractivity contribution is -0.134. The van der Waals surface area contributed by atoms with E-state index in [1.807, 2.05) is 17.0 Å². The van der Waals surface area contributed by atoms with Crippen LogP contribution in [0.4, 0.5) is 5.69 Å². The molecule has 7 heteroatoms. The molecular formula is C19H28N4O3. The van der Waals surface area contributed by atoms with Crippen molar-refractivity contribution in [2.75, 3.05) is 78.0 Å². The molecule has 7 nitrogen and oxygen atoms in total. The van der Waals surface area contributed by atoms with E-state index in [1.54, 1.807) is 12.1 Å². The fourth-order valence-corrected chi connectivity index (χ4v) is 3.44. The Morgan fingerprint density at radius 2 is 1.54 bits per heavy atom. The van der Waals surface area contributed by atoms with E-state index >= 15 is 0 Å². The van der Waals surface area contributed by atoms with Gasteiger partial charge in [-0.05, 0) is 31.3 Å². The average molecular weight is 360 g/mol. The number of anilines is 1. The zero-order chi connectivity index (χ0) is 18.5. The number of carbonyl (C=O) groups excluding carboxylic acids is 2. The molecule has 0 unspecified atom stereocenters. The highest BCUT2D eigenvalue weighted by Gasteiger charge is 2.24. The van der Waals surface area contributed by atoms with Gasteiger partial charge in [-0.15, -0.1) is 0 Å². The summed E-state index contributed by atoms with van der Waals surface area (Å²) < 4.78 is 4.73. The summed E-state index contributed by atoms with van der Waals surface area (Å²) in [6.07, 6.45) is 0. The number of carbonyl (C=O) groups is 2. The Labute approximate surface area is 155 Å². The molecule has 0 aromatic heterocycles. The molecule has 0 N–H and O–H groups in total. The molecular weight excluding hydrogens is 332 g/mol. The van der Waals surface area contributed by atoms with Crippen molar-refractivity contribution in [1.82, 2.24) is 14.7 Å². The van der Waals surface area contributed by atoms with Gasteiger partial charge in [0.2, 0.25) is 5.91 Å². The highest BCUT2D eigenvalue weighted by atomic mass is 16.5. The van der Waals surface area contributed by atoms with E-state index in [2.05, 4.69) is 21.7 Å². The summed E-state index contributed by atoms with van der Waals surface area (Å²) in [6, 6.07) is 7.50. The van der Waals surface area contributed by atoms with Gasteiger partial charge in [-0.25, -0.2) is 4.79 Å². The third-order valence-corrected chi connectivity index (χ3v) is 5.24. The number of ether oxygens (including phenoxy) is 1. The first-order valence-corrected chi connectivity index (χ1v) is 9.19. The van der Waals surface area contributed by atoms with Gasteiger partial charge in [-0.1, -0.05) is 0 Å². The second-order valence-corrected chi connectivity index (χ2v) is 6.99. The quantitative estimate of drug-likeness (QED) is 0.723. The third-order valence-electron chi connectivity index (χ3n) is 5.24. The first kappa shape index (κ1) is 18.7. The Morgan fingerprint density at radius 1 is 0.923 bits per heavy atom. The molecule has 2 aliphatic heterocycles. The van der Waals surface area contributed by atoms with Gasteiger partial charge in [0.05, 0.1) is 19.2 Å². The summed E-state index contributed by atoms with van der Waals surface area (Å²) in [5, 5.41) is 0. The van der Waals surface area contributed by atoms with E-state index in [4.69, 9.17) is 4.74 Å². The molecule has 26 heavy (non-hydrogen) atoms. The zero-order valence-electron chi connectivity index (χ0n) is 15.7. The van der Waals surface area contributed by atoms with Crippen LogP contribution >= 0.6 is 0 Å². The average Bonchev–Trinajstić information content (AvgIpc) is 2.68. The first-order valence-electron chi connectivity index (χ1n) is 9.19. The minimum Gasteiger partial charge on any atom is -0.465 e. The van der Waals surface area contributed by atoms with E-state index in [0.29, 0.717) is 12.1 Å². The molecule has 2 saturated heterocycles. The molecule has 0 spiro atoms. The molecule has 0 saturated carbocycles. The van der Waals surface area contributed by atoms with Crippen molar-refractivity contribution in [1.29, 1.82) is 0 Å². The molecule has 2 fully saturated rings. The van der Waals surface area contributed by atoms with Gasteiger partial charge in [0.1, 0.15) is 0 Å². The van der Waals surface area contributed by atoms with Crippen molar-refractivity contribution in [2.45, 2.75) is 0 Å². The van der Waals surface area contributed by atoms with Crippen LogP contribution in [0, 0.1) is 0 Å². The summed E-state index contributed by atoms with van der Waals surface area (Å²) in [4.78, 5) is 32.7. The van der Waals surface area contributed by atoms with Crippen molar-refractivity contribution in [3.8, 4) is 0 Å². The first-order chi connectivity index (χ1) is 12.6. The molecule has 2 aliphatic rings. The van der Waals surface area contributed by atoms with E-state index in [9.17, 15) is 9.59 Å². The number of likely N-dealkylation sites (N-methyl/N-ethyl adjacent to an activating group) is 1. The molecule has 3 rings (SSSR count). The molecule has 2 heterocycles. The maximum atomic E-state index is 12.5. The fourth-order valence-electron chi connectivity index (χ4n) is 3.44. The van der Waals surface area contributed by atoms with E-state index in [-0.39, 0.29) is 11.9 Å². The van der Waals surface area contributed by atoms with Gasteiger partial charge in [0.25, 0.3) is 0 Å². The monoisotopic (exact) mass is 360 g/mol. The van der Waals surface area contributed by atoms with Gasteiger partial charge in [0.15, 0.2) is 0 Å². The maximum Gasteiger partial charge on any atom is 0.337 e. The fraction of sp³-hybridized carbons (Fsp3) is 0.579. The largest absolute Gasteiger partial charge is 0.465 e. The molecule has 1 amide bonds. The Bertz CT molecular complexity index is 618. The van der Waals surface area contributed by atoms with Crippen molar-refractivity contribution in [3.05, 3.63) is 29.8 Å². The number of esters is 1. The predicted octanol–water partition coefficient (Wildman–Crippen LogP) is 0.369. The van der Waals surface area contributed by atoms with Crippen molar-refractivity contribution in [2.24, 2.45) is 0 Å². The molecule has 0 radical (unpaired) electrons. The molecule has 1 aromatic carbocycles. The van der Waals surface area contributed by atoms with Crippen LogP contribution in [0.25, 0.3) is 0 Å². The standard InChI is InChI=1S/C19H28N4O3/c1-20-7-11-23(12-8-20)18(24)15-21-9-13-22(14-10-21)17-5-3-16(4-6-17)19(25)26-2/h3-6H,7-15H2,1-2H3. The number of hydrogen-bond donors (Lipinski definition) is 0. The van der Waals surface area contributed by atoms with E-state index in [0.717, 1.165) is 58.0 Å². The van der Waals surface area contributed by atoms with Crippen LogP contribution in [-0.2, 0) is 9.53 Å². The molecule has 0 atom stereocenters. The summed E-state index contributed by atoms with van der Waals surface area (Å²) >= 11 is 0. The van der Waals surface area contributed by atoms with Gasteiger partial charge in [0, 0.05) is 58.0 Å². The molecule has 0 bridgehead atoms. The number of rotatable bonds is 4. The van der Waals surface area contributed by atoms with Gasteiger partial charge < -0.3 is 19.4 Å². The van der Waals surface area contributed by atoms with Gasteiger partial charge in [-0.3, -0.25) is 9.69 Å². The number of nitrogens with zero attached hydrogens (tertiary/aromatic N) is 4. The van der Waals surface area contributed by atoms with Crippen LogP contribution in [0.5, 0.6) is 0 Å². The maximum absolute atomic E-state index is 12.5. The van der Waals surface area contributed by atoms with Crippen LogP contribution < -0.4 is 4.90 Å². The second kappa shape index (κ2) is 8.51. The topological polar surface area (TPSA) is 56.3 Å². The van der Waals surface area contributed by atoms with Crippen LogP contribution in [-0.4, -0.2) is 99.6 Å². The van der Waals surface area contributed by atoms with Crippen molar-refractivity contribution >= 4 is 17.6 Å². The summed E-state index contributed by atoms with van der Waals surface area (Å²) in [5.74, 6) is -0.0715. The normalized spacial score (nSPS) is 19.5. The Hall–Kier alpha value is -2.12. The number of methoxy groups -OCH3 is 1. The minimum absolute atomic E-state index is 0.244. The number of piperazine rings is 2. The summed E-state index contributed by atoms with van der Waals surface area (Å²) in [6.45, 7) is 7.61. The Kier molecular flexibility index (Phi) is 6.11. The molecule has 0 aliphatic carbocycles. The number of amides is 1. The van der Waals surface area contributed by atoms with E-state index < -0.39 is 0 Å². The Morgan fingerprint density at radius 3 is 2.12 bits per heavy atom. The zero-order valence-corrected chi connectivity index (χ0v) is 15.7. The van der Waals surface area contributed by atoms with Gasteiger partial charge >= 0.3 is 5.97 Å². The second-order valence-electron chi connectivity index (χ2n) is 6.99. The highest BCUT2D eigenvalue weighted by molar-refractivity contribution is 5.89. The van der Waals surface area contributed by atoms with Gasteiger partial charge in [-0.2, -0.15) is 0 Å². The predicted molar refractivity (Wildman–Crippen MR) is 101 cm³/mol. The highest BCUT2D eigenvalue weighted by Crippen LogP contribution is 2.18. The van der Waals surface area contributed by atoms with E-state index in [1.165, 1.54) is 7.11 Å². The Balaban J connectivity index is 1.46. The van der Waals surface area contributed by atoms with Crippen LogP contribution in [0.3, 0.4) is 0 Å². The van der Waals surface area contributed by atoms with Crippen molar-refractivity contribution < 1.29 is 14.3 Å². The third kappa shape index (κ3) is 4.53. The smallest absolute Gasteiger partial charge is 0.337 e. The van der Waals surface area contributed by atoms with Crippen LogP contribution in [0.2, 0.25) is 0 Å². The molecule has 1 aromatic rings. The SMILES string of the molecule is COC(=O)c1ccc(N2CCN(CC(=O)N3CCN(C)CC3)CC2)cc1. The lowest BCUT2D eigenvalue weighted by Crippen LogP contribution is -2.53. The number of benzene rings is 1. The summed E-state index contributed by atoms with van der Waals surface area (Å²) in [5.41, 5.74) is 1.66. The molecule has 142 valence electrons. The minimum atomic E-state index is -0.316. The lowest BCUT2D eigenvalue weighted by atomic mass is 10.2. The summed E-state index contributed by atoms with van der Waals surface area (Å²) in [7, 11) is 3.48. The van der Waals surface area contributed by atoms with Crippen LogP contribution in [0.1, 0.15) is 10.4 Å². The lowest BCUT2D eigenvalue weighted by Gasteiger charge is -2.38. The van der Waals surface area contributed by atoms with Crippen molar-refractivity contribution in [3.63, 3.8) is 0 Å².